The summed E-state index contributed by atoms with van der Waals surface area (Å²) in [5.74, 6) is 0.733. The number of benzene rings is 1. The summed E-state index contributed by atoms with van der Waals surface area (Å²) >= 11 is 4.84. The minimum absolute atomic E-state index is 0.268. The Balaban J connectivity index is 2.03. The summed E-state index contributed by atoms with van der Waals surface area (Å²) in [6.45, 7) is 1.79. The summed E-state index contributed by atoms with van der Waals surface area (Å²) in [7, 11) is 0. The maximum atomic E-state index is 11.8. The number of hydrogen-bond donors (Lipinski definition) is 2. The van der Waals surface area contributed by atoms with Crippen molar-refractivity contribution >= 4 is 28.8 Å². The van der Waals surface area contributed by atoms with Gasteiger partial charge in [-0.25, -0.2) is 0 Å². The second kappa shape index (κ2) is 5.67. The van der Waals surface area contributed by atoms with Crippen LogP contribution in [0.25, 0.3) is 0 Å². The van der Waals surface area contributed by atoms with E-state index in [-0.39, 0.29) is 5.91 Å². The van der Waals surface area contributed by atoms with Gasteiger partial charge in [-0.1, -0.05) is 24.4 Å². The van der Waals surface area contributed by atoms with Crippen LogP contribution in [0.2, 0.25) is 0 Å². The van der Waals surface area contributed by atoms with Crippen LogP contribution in [-0.2, 0) is 6.42 Å². The van der Waals surface area contributed by atoms with E-state index < -0.39 is 0 Å². The van der Waals surface area contributed by atoms with Gasteiger partial charge in [-0.2, -0.15) is 0 Å². The molecule has 19 heavy (non-hydrogen) atoms. The van der Waals surface area contributed by atoms with E-state index in [1.165, 1.54) is 0 Å². The molecule has 0 aliphatic rings. The monoisotopic (exact) mass is 274 g/mol. The lowest BCUT2D eigenvalue weighted by Crippen LogP contribution is -2.12. The molecule has 0 unspecified atom stereocenters. The van der Waals surface area contributed by atoms with Crippen molar-refractivity contribution in [2.75, 3.05) is 5.32 Å². The highest BCUT2D eigenvalue weighted by Crippen LogP contribution is 2.13. The van der Waals surface area contributed by atoms with Crippen LogP contribution in [0.5, 0.6) is 0 Å². The quantitative estimate of drug-likeness (QED) is 0.841. The molecule has 3 N–H and O–H groups in total. The van der Waals surface area contributed by atoms with Crippen molar-refractivity contribution < 1.29 is 9.21 Å². The Morgan fingerprint density at radius 1 is 1.26 bits per heavy atom. The second-order valence-electron chi connectivity index (χ2n) is 4.20. The highest BCUT2D eigenvalue weighted by Gasteiger charge is 2.09. The first-order valence-electron chi connectivity index (χ1n) is 5.79. The van der Waals surface area contributed by atoms with Gasteiger partial charge >= 0.3 is 0 Å². The fourth-order valence-electron chi connectivity index (χ4n) is 1.66. The Labute approximate surface area is 116 Å². The molecule has 0 atom stereocenters. The van der Waals surface area contributed by atoms with Gasteiger partial charge in [0.05, 0.1) is 4.99 Å². The van der Waals surface area contributed by atoms with Crippen molar-refractivity contribution in [2.24, 2.45) is 5.73 Å². The second-order valence-corrected chi connectivity index (χ2v) is 4.73. The molecule has 5 heteroatoms. The first-order chi connectivity index (χ1) is 9.04. The number of nitrogens with two attached hydrogens (primary N) is 1. The Morgan fingerprint density at radius 3 is 2.47 bits per heavy atom. The van der Waals surface area contributed by atoms with Crippen LogP contribution in [0.1, 0.15) is 21.9 Å². The Hall–Kier alpha value is -2.14. The topological polar surface area (TPSA) is 68.3 Å². The number of nitrogens with one attached hydrogen (secondary N) is 1. The molecule has 1 aromatic carbocycles. The Bertz CT molecular complexity index is 602. The van der Waals surface area contributed by atoms with Crippen molar-refractivity contribution in [2.45, 2.75) is 13.3 Å². The number of furan rings is 1. The predicted octanol–water partition coefficient (Wildman–Crippen LogP) is 2.67. The van der Waals surface area contributed by atoms with Gasteiger partial charge in [-0.15, -0.1) is 0 Å². The number of anilines is 1. The predicted molar refractivity (Wildman–Crippen MR) is 78.3 cm³/mol. The summed E-state index contributed by atoms with van der Waals surface area (Å²) < 4.78 is 5.25. The fourth-order valence-corrected chi connectivity index (χ4v) is 1.82. The van der Waals surface area contributed by atoms with Gasteiger partial charge in [0.1, 0.15) is 5.76 Å². The number of carbonyl (C=O) groups excluding carboxylic acids is 1. The van der Waals surface area contributed by atoms with Crippen molar-refractivity contribution in [1.82, 2.24) is 0 Å². The molecule has 1 heterocycles. The molecule has 2 aromatic rings. The normalized spacial score (nSPS) is 10.2. The SMILES string of the molecule is Cc1ccc(C(=O)Nc2ccc(CC(N)=S)cc2)o1. The largest absolute Gasteiger partial charge is 0.456 e. The van der Waals surface area contributed by atoms with E-state index in [9.17, 15) is 4.79 Å². The molecular weight excluding hydrogens is 260 g/mol. The number of hydrogen-bond acceptors (Lipinski definition) is 3. The molecular formula is C14H14N2O2S. The fraction of sp³-hybridized carbons (Fsp3) is 0.143. The van der Waals surface area contributed by atoms with E-state index in [0.717, 1.165) is 5.56 Å². The van der Waals surface area contributed by atoms with E-state index in [2.05, 4.69) is 5.32 Å². The summed E-state index contributed by atoms with van der Waals surface area (Å²) in [6, 6.07) is 10.8. The minimum atomic E-state index is -0.268. The zero-order chi connectivity index (χ0) is 13.8. The molecule has 1 amide bonds. The third-order valence-corrected chi connectivity index (χ3v) is 2.70. The van der Waals surface area contributed by atoms with Gasteiger partial charge in [-0.3, -0.25) is 4.79 Å². The van der Waals surface area contributed by atoms with Crippen LogP contribution in [0.4, 0.5) is 5.69 Å². The molecule has 0 aliphatic carbocycles. The zero-order valence-corrected chi connectivity index (χ0v) is 11.3. The van der Waals surface area contributed by atoms with Crippen molar-refractivity contribution in [3.05, 3.63) is 53.5 Å². The molecule has 0 aliphatic heterocycles. The molecule has 2 rings (SSSR count). The van der Waals surface area contributed by atoms with Crippen molar-refractivity contribution in [3.8, 4) is 0 Å². The van der Waals surface area contributed by atoms with Gasteiger partial charge in [0.15, 0.2) is 5.76 Å². The average Bonchev–Trinajstić information content (AvgIpc) is 2.78. The van der Waals surface area contributed by atoms with E-state index in [0.29, 0.717) is 28.6 Å². The lowest BCUT2D eigenvalue weighted by molar-refractivity contribution is 0.0995. The van der Waals surface area contributed by atoms with Gasteiger partial charge in [0.2, 0.25) is 0 Å². The maximum absolute atomic E-state index is 11.8. The first-order valence-corrected chi connectivity index (χ1v) is 6.20. The maximum Gasteiger partial charge on any atom is 0.291 e. The summed E-state index contributed by atoms with van der Waals surface area (Å²) in [6.07, 6.45) is 0.556. The smallest absolute Gasteiger partial charge is 0.291 e. The van der Waals surface area contributed by atoms with Crippen LogP contribution in [0, 0.1) is 6.92 Å². The van der Waals surface area contributed by atoms with E-state index in [1.807, 2.05) is 12.1 Å². The number of amides is 1. The molecule has 0 saturated heterocycles. The minimum Gasteiger partial charge on any atom is -0.456 e. The first kappa shape index (κ1) is 13.3. The lowest BCUT2D eigenvalue weighted by atomic mass is 10.1. The molecule has 1 aromatic heterocycles. The molecule has 0 bridgehead atoms. The van der Waals surface area contributed by atoms with Crippen LogP contribution < -0.4 is 11.1 Å². The molecule has 98 valence electrons. The highest BCUT2D eigenvalue weighted by atomic mass is 32.1. The van der Waals surface area contributed by atoms with Crippen molar-refractivity contribution in [1.29, 1.82) is 0 Å². The Morgan fingerprint density at radius 2 is 1.95 bits per heavy atom. The van der Waals surface area contributed by atoms with E-state index in [1.54, 1.807) is 31.2 Å². The van der Waals surface area contributed by atoms with Gasteiger partial charge < -0.3 is 15.5 Å². The molecule has 4 nitrogen and oxygen atoms in total. The number of aryl methyl sites for hydroxylation is 1. The van der Waals surface area contributed by atoms with Crippen LogP contribution in [0.3, 0.4) is 0 Å². The van der Waals surface area contributed by atoms with Gasteiger partial charge in [-0.05, 0) is 36.8 Å². The highest BCUT2D eigenvalue weighted by molar-refractivity contribution is 7.80. The van der Waals surface area contributed by atoms with Gasteiger partial charge in [0, 0.05) is 12.1 Å². The van der Waals surface area contributed by atoms with E-state index in [4.69, 9.17) is 22.4 Å². The molecule has 0 radical (unpaired) electrons. The van der Waals surface area contributed by atoms with Crippen LogP contribution in [0.15, 0.2) is 40.8 Å². The molecule has 0 spiro atoms. The van der Waals surface area contributed by atoms with Crippen LogP contribution >= 0.6 is 12.2 Å². The zero-order valence-electron chi connectivity index (χ0n) is 10.5. The third kappa shape index (κ3) is 3.66. The molecule has 0 fully saturated rings. The van der Waals surface area contributed by atoms with Crippen LogP contribution in [-0.4, -0.2) is 10.9 Å². The molecule has 0 saturated carbocycles. The lowest BCUT2D eigenvalue weighted by Gasteiger charge is -2.05. The number of carbonyl (C=O) groups is 1. The number of rotatable bonds is 4. The van der Waals surface area contributed by atoms with Crippen molar-refractivity contribution in [3.63, 3.8) is 0 Å². The standard InChI is InChI=1S/C14H14N2O2S/c1-9-2-7-12(18-9)14(17)16-11-5-3-10(4-6-11)8-13(15)19/h2-7H,8H2,1H3,(H2,15,19)(H,16,17). The third-order valence-electron chi connectivity index (χ3n) is 2.55. The Kier molecular flexibility index (Phi) is 3.97. The summed E-state index contributed by atoms with van der Waals surface area (Å²) in [5.41, 5.74) is 7.18. The average molecular weight is 274 g/mol. The number of thiocarbonyl (C=S) groups is 1. The summed E-state index contributed by atoms with van der Waals surface area (Å²) in [4.78, 5) is 12.3. The summed E-state index contributed by atoms with van der Waals surface area (Å²) in [5, 5.41) is 2.76. The van der Waals surface area contributed by atoms with E-state index >= 15 is 0 Å². The van der Waals surface area contributed by atoms with Gasteiger partial charge in [0.25, 0.3) is 5.91 Å².